The van der Waals surface area contributed by atoms with Gasteiger partial charge in [-0.3, -0.25) is 4.99 Å². The van der Waals surface area contributed by atoms with Gasteiger partial charge >= 0.3 is 5.97 Å². The lowest BCUT2D eigenvalue weighted by Crippen LogP contribution is -2.23. The second-order valence-electron chi connectivity index (χ2n) is 4.43. The van der Waals surface area contributed by atoms with Gasteiger partial charge in [0, 0.05) is 4.91 Å². The number of nitrogens with two attached hydrogens (primary N) is 1. The number of hydrogen-bond acceptors (Lipinski definition) is 5. The highest BCUT2D eigenvalue weighted by Gasteiger charge is 2.26. The highest BCUT2D eigenvalue weighted by molar-refractivity contribution is 8.09. The number of thioether (sulfide) groups is 1. The lowest BCUT2D eigenvalue weighted by atomic mass is 10.0. The number of carboxylic acids is 1. The van der Waals surface area contributed by atoms with Crippen molar-refractivity contribution >= 4 is 28.3 Å². The number of phenolic OH excluding ortho intramolecular Hbond substituents is 1. The zero-order valence-corrected chi connectivity index (χ0v) is 12.1. The second kappa shape index (κ2) is 5.68. The van der Waals surface area contributed by atoms with Gasteiger partial charge in [-0.2, -0.15) is 0 Å². The van der Waals surface area contributed by atoms with Crippen LogP contribution in [0, 0.1) is 0 Å². The molecule has 0 saturated carbocycles. The quantitative estimate of drug-likeness (QED) is 0.793. The van der Waals surface area contributed by atoms with Crippen LogP contribution in [0.3, 0.4) is 0 Å². The summed E-state index contributed by atoms with van der Waals surface area (Å²) in [5.41, 5.74) is 7.41. The standard InChI is InChI=1S/C14H16N2O3S/c1-3-8-6-9(4-5-10(8)17)12-11(13(18)19)7(2)16-14(15)20-12/h4-6,14,17H,3,15H2,1-2H3,(H,18,19). The summed E-state index contributed by atoms with van der Waals surface area (Å²) in [5, 5.41) is 19.1. The summed E-state index contributed by atoms with van der Waals surface area (Å²) in [7, 11) is 0. The Morgan fingerprint density at radius 3 is 2.80 bits per heavy atom. The van der Waals surface area contributed by atoms with Gasteiger partial charge in [0.1, 0.15) is 11.2 Å². The lowest BCUT2D eigenvalue weighted by molar-refractivity contribution is -0.131. The number of phenols is 1. The summed E-state index contributed by atoms with van der Waals surface area (Å²) in [6.45, 7) is 3.57. The molecule has 0 saturated heterocycles. The van der Waals surface area contributed by atoms with E-state index in [1.807, 2.05) is 6.92 Å². The normalized spacial score (nSPS) is 18.9. The molecule has 6 heteroatoms. The molecule has 1 aliphatic heterocycles. The molecule has 1 heterocycles. The first-order valence-corrected chi connectivity index (χ1v) is 7.08. The fourth-order valence-electron chi connectivity index (χ4n) is 2.10. The van der Waals surface area contributed by atoms with E-state index in [2.05, 4.69) is 4.99 Å². The van der Waals surface area contributed by atoms with E-state index >= 15 is 0 Å². The molecule has 106 valence electrons. The average molecular weight is 292 g/mol. The van der Waals surface area contributed by atoms with Crippen molar-refractivity contribution in [3.05, 3.63) is 34.9 Å². The third-order valence-electron chi connectivity index (χ3n) is 3.08. The van der Waals surface area contributed by atoms with Crippen LogP contribution in [0.25, 0.3) is 4.91 Å². The number of aromatic hydroxyl groups is 1. The molecule has 0 bridgehead atoms. The summed E-state index contributed by atoms with van der Waals surface area (Å²) in [6.07, 6.45) is 0.666. The van der Waals surface area contributed by atoms with Crippen molar-refractivity contribution in [2.45, 2.75) is 25.8 Å². The first-order chi connectivity index (χ1) is 9.43. The minimum Gasteiger partial charge on any atom is -0.508 e. The molecule has 1 aromatic carbocycles. The molecular weight excluding hydrogens is 276 g/mol. The summed E-state index contributed by atoms with van der Waals surface area (Å²) in [4.78, 5) is 16.1. The summed E-state index contributed by atoms with van der Waals surface area (Å²) >= 11 is 1.21. The Morgan fingerprint density at radius 2 is 2.20 bits per heavy atom. The summed E-state index contributed by atoms with van der Waals surface area (Å²) in [5.74, 6) is -0.809. The van der Waals surface area contributed by atoms with Crippen LogP contribution in [-0.4, -0.2) is 27.4 Å². The molecule has 0 aliphatic carbocycles. The van der Waals surface area contributed by atoms with E-state index in [0.29, 0.717) is 17.0 Å². The van der Waals surface area contributed by atoms with Gasteiger partial charge in [-0.1, -0.05) is 24.8 Å². The maximum Gasteiger partial charge on any atom is 0.338 e. The third kappa shape index (κ3) is 2.71. The molecule has 1 unspecified atom stereocenters. The fourth-order valence-corrected chi connectivity index (χ4v) is 3.17. The van der Waals surface area contributed by atoms with E-state index in [0.717, 1.165) is 11.1 Å². The number of nitrogens with zero attached hydrogens (tertiary/aromatic N) is 1. The highest BCUT2D eigenvalue weighted by Crippen LogP contribution is 2.38. The molecule has 1 aromatic rings. The zero-order chi connectivity index (χ0) is 14.9. The van der Waals surface area contributed by atoms with Gasteiger partial charge in [0.2, 0.25) is 0 Å². The SMILES string of the molecule is CCc1cc(C2=C(C(=O)O)C(C)=NC(N)S2)ccc1O. The first-order valence-electron chi connectivity index (χ1n) is 6.20. The second-order valence-corrected chi connectivity index (χ2v) is 5.56. The van der Waals surface area contributed by atoms with Crippen molar-refractivity contribution in [2.24, 2.45) is 10.7 Å². The van der Waals surface area contributed by atoms with E-state index in [1.54, 1.807) is 25.1 Å². The average Bonchev–Trinajstić information content (AvgIpc) is 2.37. The topological polar surface area (TPSA) is 95.9 Å². The predicted molar refractivity (Wildman–Crippen MR) is 80.7 cm³/mol. The van der Waals surface area contributed by atoms with Crippen LogP contribution in [0.2, 0.25) is 0 Å². The van der Waals surface area contributed by atoms with Crippen molar-refractivity contribution in [2.75, 3.05) is 0 Å². The van der Waals surface area contributed by atoms with E-state index < -0.39 is 11.5 Å². The molecule has 0 radical (unpaired) electrons. The van der Waals surface area contributed by atoms with Gasteiger partial charge in [0.05, 0.1) is 11.3 Å². The van der Waals surface area contributed by atoms with Gasteiger partial charge in [-0.15, -0.1) is 0 Å². The molecule has 0 amide bonds. The molecule has 5 nitrogen and oxygen atoms in total. The van der Waals surface area contributed by atoms with Crippen molar-refractivity contribution in [3.8, 4) is 5.75 Å². The van der Waals surface area contributed by atoms with Gasteiger partial charge in [-0.05, 0) is 36.6 Å². The zero-order valence-electron chi connectivity index (χ0n) is 11.3. The Morgan fingerprint density at radius 1 is 1.50 bits per heavy atom. The first kappa shape index (κ1) is 14.6. The van der Waals surface area contributed by atoms with E-state index in [4.69, 9.17) is 5.73 Å². The third-order valence-corrected chi connectivity index (χ3v) is 4.11. The number of aliphatic carboxylic acids is 1. The Bertz CT molecular complexity index is 623. The molecule has 2 rings (SSSR count). The maximum atomic E-state index is 11.4. The Kier molecular flexibility index (Phi) is 4.15. The van der Waals surface area contributed by atoms with Crippen LogP contribution in [0.4, 0.5) is 0 Å². The van der Waals surface area contributed by atoms with E-state index in [1.165, 1.54) is 11.8 Å². The van der Waals surface area contributed by atoms with E-state index in [9.17, 15) is 15.0 Å². The molecule has 20 heavy (non-hydrogen) atoms. The van der Waals surface area contributed by atoms with Crippen LogP contribution in [-0.2, 0) is 11.2 Å². The largest absolute Gasteiger partial charge is 0.508 e. The van der Waals surface area contributed by atoms with Gasteiger partial charge in [0.25, 0.3) is 0 Å². The van der Waals surface area contributed by atoms with Crippen molar-refractivity contribution < 1.29 is 15.0 Å². The molecule has 1 atom stereocenters. The molecule has 0 aromatic heterocycles. The number of hydrogen-bond donors (Lipinski definition) is 3. The minimum absolute atomic E-state index is 0.171. The maximum absolute atomic E-state index is 11.4. The number of aliphatic imine (C=N–C) groups is 1. The van der Waals surface area contributed by atoms with Gasteiger partial charge < -0.3 is 15.9 Å². The minimum atomic E-state index is -1.02. The molecule has 4 N–H and O–H groups in total. The van der Waals surface area contributed by atoms with E-state index in [-0.39, 0.29) is 11.3 Å². The van der Waals surface area contributed by atoms with Crippen molar-refractivity contribution in [3.63, 3.8) is 0 Å². The number of rotatable bonds is 3. The van der Waals surface area contributed by atoms with Crippen molar-refractivity contribution in [1.82, 2.24) is 0 Å². The molecule has 1 aliphatic rings. The van der Waals surface area contributed by atoms with Gasteiger partial charge in [0.15, 0.2) is 0 Å². The summed E-state index contributed by atoms with van der Waals surface area (Å²) < 4.78 is 0. The smallest absolute Gasteiger partial charge is 0.338 e. The van der Waals surface area contributed by atoms with Crippen molar-refractivity contribution in [1.29, 1.82) is 0 Å². The van der Waals surface area contributed by atoms with Crippen LogP contribution in [0.5, 0.6) is 5.75 Å². The fraction of sp³-hybridized carbons (Fsp3) is 0.286. The monoisotopic (exact) mass is 292 g/mol. The predicted octanol–water partition coefficient (Wildman–Crippen LogP) is 2.20. The molecule has 0 fully saturated rings. The Balaban J connectivity index is 2.60. The lowest BCUT2D eigenvalue weighted by Gasteiger charge is -2.21. The molecular formula is C14H16N2O3S. The van der Waals surface area contributed by atoms with Crippen LogP contribution < -0.4 is 5.73 Å². The van der Waals surface area contributed by atoms with Crippen LogP contribution in [0.15, 0.2) is 28.8 Å². The highest BCUT2D eigenvalue weighted by atomic mass is 32.2. The Labute approximate surface area is 121 Å². The van der Waals surface area contributed by atoms with Crippen LogP contribution >= 0.6 is 11.8 Å². The van der Waals surface area contributed by atoms with Crippen LogP contribution in [0.1, 0.15) is 25.0 Å². The number of carbonyl (C=O) groups is 1. The summed E-state index contributed by atoms with van der Waals surface area (Å²) in [6, 6.07) is 5.07. The number of carboxylic acid groups (broad SMARTS) is 1. The number of benzene rings is 1. The number of aryl methyl sites for hydroxylation is 1. The molecule has 0 spiro atoms. The van der Waals surface area contributed by atoms with Gasteiger partial charge in [-0.25, -0.2) is 4.79 Å². The Hall–Kier alpha value is -1.79.